The maximum absolute atomic E-state index is 6.17. The molecule has 1 aliphatic rings. The molecule has 0 bridgehead atoms. The van der Waals surface area contributed by atoms with Crippen LogP contribution in [0, 0.1) is 5.92 Å². The highest BCUT2D eigenvalue weighted by Crippen LogP contribution is 2.33. The lowest BCUT2D eigenvalue weighted by molar-refractivity contribution is 0.207. The van der Waals surface area contributed by atoms with Crippen molar-refractivity contribution >= 4 is 11.6 Å². The zero-order valence-corrected chi connectivity index (χ0v) is 11.8. The Kier molecular flexibility index (Phi) is 6.09. The van der Waals surface area contributed by atoms with Crippen LogP contribution in [-0.2, 0) is 0 Å². The van der Waals surface area contributed by atoms with E-state index in [1.165, 1.54) is 32.1 Å². The number of hydrogen-bond donors (Lipinski definition) is 1. The number of alkyl halides is 1. The highest BCUT2D eigenvalue weighted by atomic mass is 35.5. The molecule has 16 heavy (non-hydrogen) atoms. The molecule has 3 heteroatoms. The molecule has 96 valence electrons. The van der Waals surface area contributed by atoms with Crippen LogP contribution >= 0.6 is 11.6 Å². The number of halogens is 1. The van der Waals surface area contributed by atoms with Crippen LogP contribution in [0.3, 0.4) is 0 Å². The van der Waals surface area contributed by atoms with Crippen molar-refractivity contribution in [3.8, 4) is 0 Å². The molecular formula is C13H27ClN2. The van der Waals surface area contributed by atoms with Crippen LogP contribution in [0.25, 0.3) is 0 Å². The molecule has 0 saturated heterocycles. The van der Waals surface area contributed by atoms with Crippen molar-refractivity contribution < 1.29 is 0 Å². The lowest BCUT2D eigenvalue weighted by Crippen LogP contribution is -2.50. The molecule has 2 nitrogen and oxygen atoms in total. The fraction of sp³-hybridized carbons (Fsp3) is 1.00. The molecule has 1 aliphatic carbocycles. The van der Waals surface area contributed by atoms with E-state index in [0.717, 1.165) is 24.9 Å². The molecule has 0 amide bonds. The second-order valence-electron chi connectivity index (χ2n) is 5.70. The molecule has 1 N–H and O–H groups in total. The summed E-state index contributed by atoms with van der Waals surface area (Å²) < 4.78 is 0. The Labute approximate surface area is 106 Å². The fourth-order valence-corrected chi connectivity index (χ4v) is 3.08. The summed E-state index contributed by atoms with van der Waals surface area (Å²) in [6, 6.07) is 0. The van der Waals surface area contributed by atoms with Gasteiger partial charge in [-0.05, 0) is 52.4 Å². The van der Waals surface area contributed by atoms with Gasteiger partial charge < -0.3 is 10.2 Å². The second kappa shape index (κ2) is 6.83. The van der Waals surface area contributed by atoms with Crippen LogP contribution in [0.5, 0.6) is 0 Å². The van der Waals surface area contributed by atoms with Gasteiger partial charge in [-0.2, -0.15) is 0 Å². The van der Waals surface area contributed by atoms with Crippen molar-refractivity contribution in [1.29, 1.82) is 0 Å². The largest absolute Gasteiger partial charge is 0.310 e. The van der Waals surface area contributed by atoms with Crippen LogP contribution in [0.1, 0.15) is 39.0 Å². The van der Waals surface area contributed by atoms with E-state index in [2.05, 4.69) is 31.2 Å². The van der Waals surface area contributed by atoms with E-state index in [9.17, 15) is 0 Å². The van der Waals surface area contributed by atoms with Crippen molar-refractivity contribution in [3.05, 3.63) is 0 Å². The average molecular weight is 247 g/mol. The lowest BCUT2D eigenvalue weighted by Gasteiger charge is -2.39. The minimum absolute atomic E-state index is 0.228. The van der Waals surface area contributed by atoms with Gasteiger partial charge in [-0.15, -0.1) is 11.6 Å². The first kappa shape index (κ1) is 14.3. The fourth-order valence-electron chi connectivity index (χ4n) is 2.74. The van der Waals surface area contributed by atoms with E-state index in [1.54, 1.807) is 0 Å². The van der Waals surface area contributed by atoms with Gasteiger partial charge >= 0.3 is 0 Å². The van der Waals surface area contributed by atoms with Gasteiger partial charge in [0.1, 0.15) is 0 Å². The summed E-state index contributed by atoms with van der Waals surface area (Å²) in [7, 11) is 4.25. The number of hydrogen-bond acceptors (Lipinski definition) is 2. The smallest absolute Gasteiger partial charge is 0.0406 e. The maximum Gasteiger partial charge on any atom is 0.0406 e. The first-order valence-electron chi connectivity index (χ1n) is 6.54. The third-order valence-corrected chi connectivity index (χ3v) is 4.14. The van der Waals surface area contributed by atoms with Crippen LogP contribution in [0.2, 0.25) is 0 Å². The monoisotopic (exact) mass is 246 g/mol. The van der Waals surface area contributed by atoms with Gasteiger partial charge in [0.05, 0.1) is 0 Å². The van der Waals surface area contributed by atoms with Crippen molar-refractivity contribution in [2.75, 3.05) is 33.1 Å². The Balaban J connectivity index is 2.29. The Hall–Kier alpha value is 0.210. The first-order valence-corrected chi connectivity index (χ1v) is 7.07. The summed E-state index contributed by atoms with van der Waals surface area (Å²) in [6.07, 6.45) is 6.41. The Bertz CT molecular complexity index is 196. The van der Waals surface area contributed by atoms with Crippen molar-refractivity contribution in [1.82, 2.24) is 10.2 Å². The highest BCUT2D eigenvalue weighted by molar-refractivity contribution is 6.18. The summed E-state index contributed by atoms with van der Waals surface area (Å²) in [4.78, 5) is 2.23. The van der Waals surface area contributed by atoms with Crippen molar-refractivity contribution in [2.45, 2.75) is 44.6 Å². The van der Waals surface area contributed by atoms with Crippen molar-refractivity contribution in [2.24, 2.45) is 5.92 Å². The predicted molar refractivity (Wildman–Crippen MR) is 72.3 cm³/mol. The third kappa shape index (κ3) is 4.60. The normalized spacial score (nSPS) is 30.9. The lowest BCUT2D eigenvalue weighted by atomic mass is 9.77. The molecule has 1 rings (SSSR count). The van der Waals surface area contributed by atoms with Gasteiger partial charge in [-0.3, -0.25) is 0 Å². The van der Waals surface area contributed by atoms with Gasteiger partial charge in [0, 0.05) is 11.4 Å². The minimum Gasteiger partial charge on any atom is -0.310 e. The molecule has 1 saturated carbocycles. The van der Waals surface area contributed by atoms with Crippen LogP contribution in [0.15, 0.2) is 0 Å². The van der Waals surface area contributed by atoms with E-state index in [0.29, 0.717) is 0 Å². The van der Waals surface area contributed by atoms with E-state index < -0.39 is 0 Å². The van der Waals surface area contributed by atoms with E-state index in [4.69, 9.17) is 11.6 Å². The van der Waals surface area contributed by atoms with Gasteiger partial charge in [-0.25, -0.2) is 0 Å². The maximum atomic E-state index is 6.17. The molecule has 0 aromatic carbocycles. The highest BCUT2D eigenvalue weighted by Gasteiger charge is 2.33. The average Bonchev–Trinajstić information content (AvgIpc) is 2.24. The number of nitrogens with one attached hydrogen (secondary N) is 1. The molecule has 0 spiro atoms. The van der Waals surface area contributed by atoms with Gasteiger partial charge in [-0.1, -0.05) is 19.8 Å². The van der Waals surface area contributed by atoms with E-state index in [-0.39, 0.29) is 5.54 Å². The Morgan fingerprint density at radius 1 is 1.44 bits per heavy atom. The quantitative estimate of drug-likeness (QED) is 0.573. The Morgan fingerprint density at radius 2 is 2.19 bits per heavy atom. The van der Waals surface area contributed by atoms with E-state index in [1.807, 2.05) is 0 Å². The molecule has 0 aromatic heterocycles. The summed E-state index contributed by atoms with van der Waals surface area (Å²) in [6.45, 7) is 4.60. The summed E-state index contributed by atoms with van der Waals surface area (Å²) in [5.74, 6) is 1.59. The van der Waals surface area contributed by atoms with Crippen LogP contribution < -0.4 is 5.32 Å². The van der Waals surface area contributed by atoms with Gasteiger partial charge in [0.15, 0.2) is 0 Å². The molecule has 2 atom stereocenters. The SMILES string of the molecule is CC1CCCC(CCl)(NCCCN(C)C)C1. The molecule has 0 aliphatic heterocycles. The van der Waals surface area contributed by atoms with E-state index >= 15 is 0 Å². The third-order valence-electron chi connectivity index (χ3n) is 3.63. The number of nitrogens with zero attached hydrogens (tertiary/aromatic N) is 1. The zero-order chi connectivity index (χ0) is 12.0. The first-order chi connectivity index (χ1) is 7.58. The number of rotatable bonds is 6. The Morgan fingerprint density at radius 3 is 2.75 bits per heavy atom. The molecule has 0 aromatic rings. The van der Waals surface area contributed by atoms with Gasteiger partial charge in [0.2, 0.25) is 0 Å². The molecule has 2 unspecified atom stereocenters. The van der Waals surface area contributed by atoms with Crippen molar-refractivity contribution in [3.63, 3.8) is 0 Å². The minimum atomic E-state index is 0.228. The summed E-state index contributed by atoms with van der Waals surface area (Å²) in [5, 5.41) is 3.71. The molecule has 0 radical (unpaired) electrons. The molecular weight excluding hydrogens is 220 g/mol. The topological polar surface area (TPSA) is 15.3 Å². The second-order valence-corrected chi connectivity index (χ2v) is 5.97. The zero-order valence-electron chi connectivity index (χ0n) is 11.1. The van der Waals surface area contributed by atoms with Crippen LogP contribution in [-0.4, -0.2) is 43.5 Å². The predicted octanol–water partition coefficient (Wildman–Crippen LogP) is 2.72. The van der Waals surface area contributed by atoms with Crippen LogP contribution in [0.4, 0.5) is 0 Å². The van der Waals surface area contributed by atoms with Gasteiger partial charge in [0.25, 0.3) is 0 Å². The summed E-state index contributed by atoms with van der Waals surface area (Å²) in [5.41, 5.74) is 0.228. The summed E-state index contributed by atoms with van der Waals surface area (Å²) >= 11 is 6.17. The standard InChI is InChI=1S/C13H27ClN2/c1-12-6-4-7-13(10-12,11-14)15-8-5-9-16(2)3/h12,15H,4-11H2,1-3H3. The molecule has 1 fully saturated rings. The molecule has 0 heterocycles.